The number of methoxy groups -OCH3 is 1. The first-order valence-electron chi connectivity index (χ1n) is 7.51. The van der Waals surface area contributed by atoms with Crippen LogP contribution in [-0.4, -0.2) is 21.7 Å². The Bertz CT molecular complexity index is 1060. The Morgan fingerprint density at radius 3 is 2.79 bits per heavy atom. The molecule has 0 amide bonds. The zero-order chi connectivity index (χ0) is 16.7. The summed E-state index contributed by atoms with van der Waals surface area (Å²) in [6, 6.07) is 14.3. The van der Waals surface area contributed by atoms with Gasteiger partial charge in [-0.05, 0) is 23.8 Å². The number of nitrogens with zero attached hydrogens (tertiary/aromatic N) is 3. The molecular formula is C18H15FN4O. The van der Waals surface area contributed by atoms with Crippen LogP contribution in [0.25, 0.3) is 16.4 Å². The van der Waals surface area contributed by atoms with Crippen LogP contribution in [0.1, 0.15) is 11.3 Å². The van der Waals surface area contributed by atoms with Crippen molar-refractivity contribution in [3.8, 4) is 5.75 Å². The normalized spacial score (nSPS) is 11.2. The molecular weight excluding hydrogens is 307 g/mol. The van der Waals surface area contributed by atoms with Crippen LogP contribution in [0, 0.1) is 5.82 Å². The summed E-state index contributed by atoms with van der Waals surface area (Å²) in [5.74, 6) is 0.674. The molecule has 0 aliphatic carbocycles. The highest BCUT2D eigenvalue weighted by molar-refractivity contribution is 5.97. The van der Waals surface area contributed by atoms with Gasteiger partial charge in [-0.1, -0.05) is 30.3 Å². The molecule has 0 saturated heterocycles. The smallest absolute Gasteiger partial charge is 0.222 e. The minimum atomic E-state index is -0.243. The van der Waals surface area contributed by atoms with E-state index in [1.165, 1.54) is 6.07 Å². The predicted molar refractivity (Wildman–Crippen MR) is 90.7 cm³/mol. The van der Waals surface area contributed by atoms with E-state index in [2.05, 4.69) is 10.1 Å². The third-order valence-corrected chi connectivity index (χ3v) is 4.03. The summed E-state index contributed by atoms with van der Waals surface area (Å²) in [5.41, 5.74) is 8.86. The number of rotatable bonds is 3. The lowest BCUT2D eigenvalue weighted by Gasteiger charge is -2.07. The molecule has 4 aromatic rings. The average Bonchev–Trinajstić information content (AvgIpc) is 3.01. The number of halogens is 1. The van der Waals surface area contributed by atoms with E-state index in [9.17, 15) is 4.39 Å². The minimum Gasteiger partial charge on any atom is -0.494 e. The van der Waals surface area contributed by atoms with E-state index < -0.39 is 0 Å². The van der Waals surface area contributed by atoms with Crippen molar-refractivity contribution < 1.29 is 9.13 Å². The Balaban J connectivity index is 1.90. The molecule has 0 spiro atoms. The van der Waals surface area contributed by atoms with E-state index in [1.807, 2.05) is 30.3 Å². The maximum atomic E-state index is 13.9. The Morgan fingerprint density at radius 1 is 1.17 bits per heavy atom. The lowest BCUT2D eigenvalue weighted by atomic mass is 10.1. The monoisotopic (exact) mass is 322 g/mol. The fourth-order valence-corrected chi connectivity index (χ4v) is 2.89. The van der Waals surface area contributed by atoms with Crippen molar-refractivity contribution in [1.82, 2.24) is 14.6 Å². The molecule has 0 atom stereocenters. The van der Waals surface area contributed by atoms with Crippen molar-refractivity contribution in [3.63, 3.8) is 0 Å². The summed E-state index contributed by atoms with van der Waals surface area (Å²) in [6.07, 6.45) is 0.388. The zero-order valence-corrected chi connectivity index (χ0v) is 13.0. The van der Waals surface area contributed by atoms with Gasteiger partial charge in [-0.25, -0.2) is 9.37 Å². The molecule has 0 bridgehead atoms. The SMILES string of the molecule is COc1cccc2c1nc(N)n1nc(Cc3ccccc3F)cc21. The lowest BCUT2D eigenvalue weighted by molar-refractivity contribution is 0.419. The Kier molecular flexibility index (Phi) is 3.30. The van der Waals surface area contributed by atoms with E-state index in [4.69, 9.17) is 10.5 Å². The van der Waals surface area contributed by atoms with Crippen LogP contribution >= 0.6 is 0 Å². The average molecular weight is 322 g/mol. The third kappa shape index (κ3) is 2.23. The Labute approximate surface area is 137 Å². The highest BCUT2D eigenvalue weighted by Crippen LogP contribution is 2.29. The molecule has 0 saturated carbocycles. The molecule has 0 unspecified atom stereocenters. The molecule has 6 heteroatoms. The highest BCUT2D eigenvalue weighted by atomic mass is 19.1. The molecule has 0 aliphatic heterocycles. The van der Waals surface area contributed by atoms with Crippen LogP contribution in [0.15, 0.2) is 48.5 Å². The number of fused-ring (bicyclic) bond motifs is 3. The molecule has 2 aromatic heterocycles. The number of hydrogen-bond donors (Lipinski definition) is 1. The third-order valence-electron chi connectivity index (χ3n) is 4.03. The number of nitrogens with two attached hydrogens (primary N) is 1. The lowest BCUT2D eigenvalue weighted by Crippen LogP contribution is -2.03. The van der Waals surface area contributed by atoms with E-state index in [0.29, 0.717) is 23.3 Å². The first-order valence-corrected chi connectivity index (χ1v) is 7.51. The van der Waals surface area contributed by atoms with Crippen LogP contribution < -0.4 is 10.5 Å². The van der Waals surface area contributed by atoms with Gasteiger partial charge in [0.2, 0.25) is 5.95 Å². The van der Waals surface area contributed by atoms with Gasteiger partial charge in [0.1, 0.15) is 17.1 Å². The zero-order valence-electron chi connectivity index (χ0n) is 13.0. The van der Waals surface area contributed by atoms with Gasteiger partial charge in [-0.3, -0.25) is 0 Å². The molecule has 2 aromatic carbocycles. The van der Waals surface area contributed by atoms with Crippen molar-refractivity contribution in [2.75, 3.05) is 12.8 Å². The van der Waals surface area contributed by atoms with Crippen LogP contribution in [0.3, 0.4) is 0 Å². The molecule has 5 nitrogen and oxygen atoms in total. The van der Waals surface area contributed by atoms with Gasteiger partial charge >= 0.3 is 0 Å². The van der Waals surface area contributed by atoms with Gasteiger partial charge in [0.15, 0.2) is 0 Å². The molecule has 120 valence electrons. The number of nitrogen functional groups attached to an aromatic ring is 1. The van der Waals surface area contributed by atoms with Crippen molar-refractivity contribution in [2.45, 2.75) is 6.42 Å². The second-order valence-electron chi connectivity index (χ2n) is 5.53. The van der Waals surface area contributed by atoms with Gasteiger partial charge in [0.05, 0.1) is 18.3 Å². The number of benzene rings is 2. The van der Waals surface area contributed by atoms with Gasteiger partial charge in [0, 0.05) is 11.8 Å². The number of para-hydroxylation sites is 1. The van der Waals surface area contributed by atoms with Gasteiger partial charge < -0.3 is 10.5 Å². The maximum Gasteiger partial charge on any atom is 0.222 e. The first kappa shape index (κ1) is 14.4. The Morgan fingerprint density at radius 2 is 2.00 bits per heavy atom. The summed E-state index contributed by atoms with van der Waals surface area (Å²) in [4.78, 5) is 4.39. The van der Waals surface area contributed by atoms with Crippen molar-refractivity contribution in [3.05, 3.63) is 65.6 Å². The summed E-state index contributed by atoms with van der Waals surface area (Å²) in [6.45, 7) is 0. The second kappa shape index (κ2) is 5.49. The fourth-order valence-electron chi connectivity index (χ4n) is 2.89. The van der Waals surface area contributed by atoms with E-state index in [-0.39, 0.29) is 11.8 Å². The first-order chi connectivity index (χ1) is 11.7. The number of aromatic nitrogens is 3. The summed E-state index contributed by atoms with van der Waals surface area (Å²) >= 11 is 0. The van der Waals surface area contributed by atoms with Crippen molar-refractivity contribution >= 4 is 22.4 Å². The Hall–Kier alpha value is -3.15. The van der Waals surface area contributed by atoms with Crippen LogP contribution in [-0.2, 0) is 6.42 Å². The number of anilines is 1. The van der Waals surface area contributed by atoms with Gasteiger partial charge in [0.25, 0.3) is 0 Å². The van der Waals surface area contributed by atoms with Crippen LogP contribution in [0.2, 0.25) is 0 Å². The van der Waals surface area contributed by atoms with Gasteiger partial charge in [-0.15, -0.1) is 0 Å². The minimum absolute atomic E-state index is 0.243. The molecule has 2 N–H and O–H groups in total. The molecule has 4 rings (SSSR count). The van der Waals surface area contributed by atoms with Crippen LogP contribution in [0.5, 0.6) is 5.75 Å². The number of ether oxygens (including phenoxy) is 1. The van der Waals surface area contributed by atoms with E-state index in [1.54, 1.807) is 23.8 Å². The highest BCUT2D eigenvalue weighted by Gasteiger charge is 2.14. The second-order valence-corrected chi connectivity index (χ2v) is 5.53. The molecule has 0 aliphatic rings. The molecule has 2 heterocycles. The number of hydrogen-bond acceptors (Lipinski definition) is 4. The summed E-state index contributed by atoms with van der Waals surface area (Å²) in [5, 5.41) is 5.36. The topological polar surface area (TPSA) is 65.4 Å². The largest absolute Gasteiger partial charge is 0.494 e. The standard InChI is InChI=1S/C18H15FN4O/c1-24-16-8-4-6-13-15-10-12(9-11-5-2-3-7-14(11)19)22-23(15)18(20)21-17(13)16/h2-8,10H,9H2,1H3,(H2,20,21). The van der Waals surface area contributed by atoms with Gasteiger partial charge in [-0.2, -0.15) is 9.61 Å². The van der Waals surface area contributed by atoms with Crippen molar-refractivity contribution in [1.29, 1.82) is 0 Å². The predicted octanol–water partition coefficient (Wildman–Crippen LogP) is 3.20. The summed E-state index contributed by atoms with van der Waals surface area (Å²) in [7, 11) is 1.59. The molecule has 0 radical (unpaired) electrons. The van der Waals surface area contributed by atoms with Crippen molar-refractivity contribution in [2.24, 2.45) is 0 Å². The quantitative estimate of drug-likeness (QED) is 0.629. The summed E-state index contributed by atoms with van der Waals surface area (Å²) < 4.78 is 20.8. The fraction of sp³-hybridized carbons (Fsp3) is 0.111. The molecule has 24 heavy (non-hydrogen) atoms. The van der Waals surface area contributed by atoms with E-state index in [0.717, 1.165) is 16.6 Å². The maximum absolute atomic E-state index is 13.9. The molecule has 0 fully saturated rings. The van der Waals surface area contributed by atoms with E-state index >= 15 is 0 Å². The van der Waals surface area contributed by atoms with Crippen LogP contribution in [0.4, 0.5) is 10.3 Å².